The Morgan fingerprint density at radius 3 is 2.08 bits per heavy atom. The van der Waals surface area contributed by atoms with Crippen LogP contribution in [0.2, 0.25) is 0 Å². The molecular formula is C38H47Br2ClN4O6. The van der Waals surface area contributed by atoms with Gasteiger partial charge in [-0.05, 0) is 81.0 Å². The van der Waals surface area contributed by atoms with Crippen molar-refractivity contribution in [2.45, 2.75) is 80.1 Å². The molecule has 0 spiro atoms. The van der Waals surface area contributed by atoms with Crippen LogP contribution >= 0.6 is 44.3 Å². The Balaban J connectivity index is 0.000000288. The number of nitrogen functional groups attached to an aromatic ring is 1. The molecule has 0 bridgehead atoms. The van der Waals surface area contributed by atoms with Crippen molar-refractivity contribution in [1.29, 1.82) is 5.41 Å². The molecule has 1 aromatic heterocycles. The maximum atomic E-state index is 12.5. The lowest BCUT2D eigenvalue weighted by atomic mass is 9.70. The molecule has 13 heteroatoms. The Morgan fingerprint density at radius 2 is 1.51 bits per heavy atom. The summed E-state index contributed by atoms with van der Waals surface area (Å²) < 4.78 is 11.8. The van der Waals surface area contributed by atoms with Gasteiger partial charge in [0.25, 0.3) is 0 Å². The van der Waals surface area contributed by atoms with Crippen LogP contribution in [0.5, 0.6) is 0 Å². The number of hydrogen-bond donors (Lipinski definition) is 2. The van der Waals surface area contributed by atoms with Crippen molar-refractivity contribution in [3.63, 3.8) is 0 Å². The number of aromatic nitrogens is 2. The average molecular weight is 851 g/mol. The van der Waals surface area contributed by atoms with E-state index in [4.69, 9.17) is 20.9 Å². The van der Waals surface area contributed by atoms with Gasteiger partial charge in [-0.25, -0.2) is 19.6 Å². The van der Waals surface area contributed by atoms with Gasteiger partial charge in [0.1, 0.15) is 11.6 Å². The number of ketones is 2. The van der Waals surface area contributed by atoms with Crippen LogP contribution in [0.15, 0.2) is 57.5 Å². The Morgan fingerprint density at radius 1 is 0.902 bits per heavy atom. The number of benzene rings is 2. The van der Waals surface area contributed by atoms with Gasteiger partial charge in [0.05, 0.1) is 19.1 Å². The van der Waals surface area contributed by atoms with E-state index in [1.807, 2.05) is 63.2 Å². The number of halogens is 3. The summed E-state index contributed by atoms with van der Waals surface area (Å²) in [4.78, 5) is 56.4. The highest BCUT2D eigenvalue weighted by Crippen LogP contribution is 2.38. The molecule has 276 valence electrons. The van der Waals surface area contributed by atoms with Gasteiger partial charge in [-0.3, -0.25) is 15.0 Å². The molecule has 51 heavy (non-hydrogen) atoms. The SMILES string of the molecule is CCOC(=O)C(=O)C1CC(C)(C)CCC1=O.CCOC(=O)c1nc(-c2cccc(Br)c2)nc2c1CC(C)(C)CC2.Cl.N=C(N)c1cccc(Br)c1. The first-order chi connectivity index (χ1) is 23.5. The van der Waals surface area contributed by atoms with E-state index >= 15 is 0 Å². The Bertz CT molecular complexity index is 1750. The molecule has 5 rings (SSSR count). The molecule has 0 aliphatic heterocycles. The number of nitrogens with one attached hydrogen (secondary N) is 1. The lowest BCUT2D eigenvalue weighted by Gasteiger charge is -2.32. The summed E-state index contributed by atoms with van der Waals surface area (Å²) in [6.45, 7) is 12.4. The topological polar surface area (TPSA) is 162 Å². The van der Waals surface area contributed by atoms with Crippen molar-refractivity contribution in [3.05, 3.63) is 80.0 Å². The normalized spacial score (nSPS) is 16.7. The minimum Gasteiger partial charge on any atom is -0.461 e. The molecule has 1 saturated carbocycles. The highest BCUT2D eigenvalue weighted by Gasteiger charge is 2.40. The smallest absolute Gasteiger partial charge is 0.375 e. The molecule has 0 saturated heterocycles. The van der Waals surface area contributed by atoms with E-state index in [1.54, 1.807) is 13.0 Å². The number of nitrogens with two attached hydrogens (primary N) is 1. The number of carbonyl (C=O) groups excluding carboxylic acids is 4. The number of Topliss-reactive ketones (excluding diaryl/α,β-unsaturated/α-hetero) is 2. The molecule has 0 amide bonds. The van der Waals surface area contributed by atoms with Crippen LogP contribution in [0.1, 0.15) is 94.5 Å². The van der Waals surface area contributed by atoms with Gasteiger partial charge in [-0.2, -0.15) is 0 Å². The van der Waals surface area contributed by atoms with Crippen molar-refractivity contribution in [1.82, 2.24) is 9.97 Å². The van der Waals surface area contributed by atoms with Crippen LogP contribution in [-0.4, -0.2) is 52.5 Å². The number of carbonyl (C=O) groups is 4. The lowest BCUT2D eigenvalue weighted by Crippen LogP contribution is -2.38. The Labute approximate surface area is 323 Å². The average Bonchev–Trinajstić information content (AvgIpc) is 3.05. The van der Waals surface area contributed by atoms with Crippen molar-refractivity contribution in [2.24, 2.45) is 22.5 Å². The van der Waals surface area contributed by atoms with E-state index in [2.05, 4.69) is 55.4 Å². The summed E-state index contributed by atoms with van der Waals surface area (Å²) in [5, 5.41) is 7.09. The maximum Gasteiger partial charge on any atom is 0.375 e. The predicted molar refractivity (Wildman–Crippen MR) is 207 cm³/mol. The maximum absolute atomic E-state index is 12.5. The van der Waals surface area contributed by atoms with Crippen molar-refractivity contribution < 1.29 is 28.7 Å². The third kappa shape index (κ3) is 12.9. The first-order valence-corrected chi connectivity index (χ1v) is 18.2. The molecule has 2 aromatic carbocycles. The largest absolute Gasteiger partial charge is 0.461 e. The van der Waals surface area contributed by atoms with Crippen LogP contribution in [0, 0.1) is 22.2 Å². The van der Waals surface area contributed by atoms with Crippen LogP contribution < -0.4 is 5.73 Å². The van der Waals surface area contributed by atoms with Crippen LogP contribution in [0.3, 0.4) is 0 Å². The Hall–Kier alpha value is -3.48. The summed E-state index contributed by atoms with van der Waals surface area (Å²) in [7, 11) is 0. The number of ether oxygens (including phenoxy) is 2. The molecule has 2 aliphatic carbocycles. The number of nitrogens with zero attached hydrogens (tertiary/aromatic N) is 2. The summed E-state index contributed by atoms with van der Waals surface area (Å²) in [6.07, 6.45) is 4.31. The van der Waals surface area contributed by atoms with E-state index in [0.29, 0.717) is 31.0 Å². The van der Waals surface area contributed by atoms with Gasteiger partial charge in [-0.15, -0.1) is 12.4 Å². The minimum atomic E-state index is -0.876. The lowest BCUT2D eigenvalue weighted by molar-refractivity contribution is -0.158. The summed E-state index contributed by atoms with van der Waals surface area (Å²) in [5.74, 6) is -2.15. The van der Waals surface area contributed by atoms with Crippen LogP contribution in [0.25, 0.3) is 11.4 Å². The van der Waals surface area contributed by atoms with Crippen molar-refractivity contribution in [3.8, 4) is 11.4 Å². The fourth-order valence-electron chi connectivity index (χ4n) is 5.72. The van der Waals surface area contributed by atoms with Crippen LogP contribution in [0.4, 0.5) is 0 Å². The third-order valence-corrected chi connectivity index (χ3v) is 9.45. The van der Waals surface area contributed by atoms with Gasteiger partial charge in [0.15, 0.2) is 11.5 Å². The number of rotatable bonds is 7. The summed E-state index contributed by atoms with van der Waals surface area (Å²) in [6, 6.07) is 15.2. The molecule has 2 aliphatic rings. The molecule has 0 radical (unpaired) electrons. The molecular weight excluding hydrogens is 804 g/mol. The van der Waals surface area contributed by atoms with Gasteiger partial charge in [-0.1, -0.05) is 83.8 Å². The number of hydrogen-bond acceptors (Lipinski definition) is 9. The van der Waals surface area contributed by atoms with E-state index in [9.17, 15) is 19.2 Å². The van der Waals surface area contributed by atoms with E-state index < -0.39 is 17.7 Å². The zero-order chi connectivity index (χ0) is 37.2. The van der Waals surface area contributed by atoms with E-state index in [-0.39, 0.29) is 47.4 Å². The standard InChI is InChI=1S/C19H21BrN2O2.C12H18O4.C7H7BrN2.ClH/c1-4-24-18(23)16-14-11-19(2,3)9-8-15(14)21-17(22-16)12-6-5-7-13(20)10-12;1-4-16-11(15)10(14)8-7-12(2,3)6-5-9(8)13;8-6-3-1-2-5(4-6)7(9)10;/h5-7,10H,4,8-9,11H2,1-3H3;8H,4-7H2,1-3H3;1-4H,(H3,9,10);1H. The quantitative estimate of drug-likeness (QED) is 0.0784. The summed E-state index contributed by atoms with van der Waals surface area (Å²) >= 11 is 6.75. The Kier molecular flexibility index (Phi) is 16.6. The third-order valence-electron chi connectivity index (χ3n) is 8.46. The highest BCUT2D eigenvalue weighted by molar-refractivity contribution is 9.10. The van der Waals surface area contributed by atoms with Gasteiger partial charge in [0.2, 0.25) is 5.78 Å². The number of esters is 2. The van der Waals surface area contributed by atoms with E-state index in [0.717, 1.165) is 57.0 Å². The van der Waals surface area contributed by atoms with E-state index in [1.165, 1.54) is 0 Å². The first kappa shape index (κ1) is 43.7. The fraction of sp³-hybridized carbons (Fsp3) is 0.447. The first-order valence-electron chi connectivity index (χ1n) is 16.6. The molecule has 3 N–H and O–H groups in total. The fourth-order valence-corrected chi connectivity index (χ4v) is 6.51. The minimum absolute atomic E-state index is 0. The summed E-state index contributed by atoms with van der Waals surface area (Å²) in [5.41, 5.74) is 9.32. The number of fused-ring (bicyclic) bond motifs is 1. The van der Waals surface area contributed by atoms with Crippen LogP contribution in [-0.2, 0) is 36.7 Å². The van der Waals surface area contributed by atoms with Crippen molar-refractivity contribution in [2.75, 3.05) is 13.2 Å². The monoisotopic (exact) mass is 848 g/mol. The number of amidine groups is 1. The number of aryl methyl sites for hydroxylation is 1. The van der Waals surface area contributed by atoms with Crippen molar-refractivity contribution >= 4 is 73.6 Å². The molecule has 10 nitrogen and oxygen atoms in total. The second-order valence-electron chi connectivity index (χ2n) is 13.8. The second kappa shape index (κ2) is 19.4. The molecule has 1 unspecified atom stereocenters. The van der Waals surface area contributed by atoms with Gasteiger partial charge in [0, 0.05) is 37.8 Å². The second-order valence-corrected chi connectivity index (χ2v) is 15.6. The zero-order valence-corrected chi connectivity index (χ0v) is 33.9. The van der Waals surface area contributed by atoms with Gasteiger partial charge >= 0.3 is 11.9 Å². The highest BCUT2D eigenvalue weighted by atomic mass is 79.9. The van der Waals surface area contributed by atoms with Gasteiger partial charge < -0.3 is 15.2 Å². The molecule has 1 fully saturated rings. The molecule has 1 heterocycles. The molecule has 1 atom stereocenters. The molecule has 3 aromatic rings. The zero-order valence-electron chi connectivity index (χ0n) is 29.9. The predicted octanol–water partition coefficient (Wildman–Crippen LogP) is 8.27.